The summed E-state index contributed by atoms with van der Waals surface area (Å²) in [4.78, 5) is 2.12. The van der Waals surface area contributed by atoms with Crippen molar-refractivity contribution < 1.29 is 8.78 Å². The fourth-order valence-electron chi connectivity index (χ4n) is 3.98. The molecule has 2 unspecified atom stereocenters. The van der Waals surface area contributed by atoms with Crippen LogP contribution in [0.25, 0.3) is 0 Å². The summed E-state index contributed by atoms with van der Waals surface area (Å²) in [6, 6.07) is 3.22. The van der Waals surface area contributed by atoms with Crippen LogP contribution in [0.3, 0.4) is 0 Å². The number of fused-ring (bicyclic) bond motifs is 2. The van der Waals surface area contributed by atoms with Gasteiger partial charge < -0.3 is 10.2 Å². The van der Waals surface area contributed by atoms with E-state index in [1.54, 1.807) is 0 Å². The Hall–Kier alpha value is -0.870. The summed E-state index contributed by atoms with van der Waals surface area (Å²) in [6.45, 7) is 3.06. The number of nitrogens with one attached hydrogen (secondary N) is 1. The van der Waals surface area contributed by atoms with E-state index in [1.165, 1.54) is 12.5 Å². The van der Waals surface area contributed by atoms with E-state index < -0.39 is 11.6 Å². The van der Waals surface area contributed by atoms with Crippen LogP contribution in [0.15, 0.2) is 12.1 Å². The first-order valence-corrected chi connectivity index (χ1v) is 8.14. The van der Waals surface area contributed by atoms with E-state index in [1.807, 2.05) is 0 Å². The molecule has 0 amide bonds. The number of hydrogen-bond donors (Lipinski definition) is 1. The number of hydrogen-bond acceptors (Lipinski definition) is 2. The van der Waals surface area contributed by atoms with Gasteiger partial charge in [0.25, 0.3) is 0 Å². The van der Waals surface area contributed by atoms with Gasteiger partial charge in [-0.15, -0.1) is 0 Å². The molecule has 2 aliphatic rings. The van der Waals surface area contributed by atoms with Crippen LogP contribution in [-0.2, 0) is 0 Å². The third-order valence-corrected chi connectivity index (χ3v) is 5.00. The number of benzene rings is 1. The predicted octanol–water partition coefficient (Wildman–Crippen LogP) is 4.12. The zero-order chi connectivity index (χ0) is 15.0. The Morgan fingerprint density at radius 2 is 1.90 bits per heavy atom. The molecule has 0 radical (unpaired) electrons. The maximum absolute atomic E-state index is 14.3. The van der Waals surface area contributed by atoms with Gasteiger partial charge in [0, 0.05) is 24.2 Å². The molecule has 3 rings (SSSR count). The SMILES string of the molecule is CCNC1CC2CCCC(C1)N2c1c(F)cc(F)cc1Cl. The van der Waals surface area contributed by atoms with Gasteiger partial charge in [0.2, 0.25) is 0 Å². The van der Waals surface area contributed by atoms with Crippen LogP contribution in [0.5, 0.6) is 0 Å². The van der Waals surface area contributed by atoms with Crippen LogP contribution in [0.2, 0.25) is 5.02 Å². The van der Waals surface area contributed by atoms with Crippen molar-refractivity contribution in [1.29, 1.82) is 0 Å². The smallest absolute Gasteiger partial charge is 0.150 e. The highest BCUT2D eigenvalue weighted by Gasteiger charge is 2.39. The molecule has 2 heterocycles. The largest absolute Gasteiger partial charge is 0.362 e. The topological polar surface area (TPSA) is 15.3 Å². The molecular formula is C16H21ClF2N2. The first-order valence-electron chi connectivity index (χ1n) is 7.76. The number of nitrogens with zero attached hydrogens (tertiary/aromatic N) is 1. The molecule has 2 nitrogen and oxygen atoms in total. The molecule has 1 N–H and O–H groups in total. The summed E-state index contributed by atoms with van der Waals surface area (Å²) in [7, 11) is 0. The van der Waals surface area contributed by atoms with Gasteiger partial charge in [-0.1, -0.05) is 18.5 Å². The Labute approximate surface area is 129 Å². The molecule has 2 aliphatic heterocycles. The Morgan fingerprint density at radius 1 is 1.24 bits per heavy atom. The van der Waals surface area contributed by atoms with E-state index in [9.17, 15) is 8.78 Å². The first kappa shape index (κ1) is 15.0. The minimum Gasteiger partial charge on any atom is -0.362 e. The Morgan fingerprint density at radius 3 is 2.48 bits per heavy atom. The molecule has 2 fully saturated rings. The summed E-state index contributed by atoms with van der Waals surface area (Å²) < 4.78 is 27.5. The number of anilines is 1. The lowest BCUT2D eigenvalue weighted by molar-refractivity contribution is 0.246. The molecular weight excluding hydrogens is 294 g/mol. The summed E-state index contributed by atoms with van der Waals surface area (Å²) in [5, 5.41) is 3.70. The van der Waals surface area contributed by atoms with E-state index in [2.05, 4.69) is 17.1 Å². The molecule has 2 atom stereocenters. The van der Waals surface area contributed by atoms with Gasteiger partial charge in [0.1, 0.15) is 5.82 Å². The highest BCUT2D eigenvalue weighted by molar-refractivity contribution is 6.33. The third-order valence-electron chi connectivity index (χ3n) is 4.71. The van der Waals surface area contributed by atoms with Gasteiger partial charge in [-0.05, 0) is 44.7 Å². The van der Waals surface area contributed by atoms with Crippen LogP contribution in [0.1, 0.15) is 39.0 Å². The fraction of sp³-hybridized carbons (Fsp3) is 0.625. The van der Waals surface area contributed by atoms with Crippen LogP contribution >= 0.6 is 11.6 Å². The summed E-state index contributed by atoms with van der Waals surface area (Å²) in [5.41, 5.74) is 0.391. The minimum atomic E-state index is -0.617. The van der Waals surface area contributed by atoms with Crippen LogP contribution < -0.4 is 10.2 Å². The number of rotatable bonds is 3. The third kappa shape index (κ3) is 2.88. The standard InChI is InChI=1S/C16H21ClF2N2/c1-2-20-11-8-12-4-3-5-13(9-11)21(12)16-14(17)6-10(18)7-15(16)19/h6-7,11-13,20H,2-5,8-9H2,1H3. The second-order valence-electron chi connectivity index (χ2n) is 6.09. The van der Waals surface area contributed by atoms with E-state index in [4.69, 9.17) is 11.6 Å². The number of halogens is 3. The molecule has 21 heavy (non-hydrogen) atoms. The van der Waals surface area contributed by atoms with Crippen molar-refractivity contribution in [2.45, 2.75) is 57.2 Å². The zero-order valence-corrected chi connectivity index (χ0v) is 13.0. The van der Waals surface area contributed by atoms with Gasteiger partial charge in [-0.25, -0.2) is 8.78 Å². The highest BCUT2D eigenvalue weighted by Crippen LogP contribution is 2.42. The van der Waals surface area contributed by atoms with Crippen molar-refractivity contribution in [1.82, 2.24) is 5.32 Å². The first-order chi connectivity index (χ1) is 10.1. The lowest BCUT2D eigenvalue weighted by Gasteiger charge is -2.50. The van der Waals surface area contributed by atoms with E-state index in [0.29, 0.717) is 23.8 Å². The lowest BCUT2D eigenvalue weighted by Crippen LogP contribution is -2.56. The van der Waals surface area contributed by atoms with E-state index in [-0.39, 0.29) is 5.02 Å². The van der Waals surface area contributed by atoms with Gasteiger partial charge in [-0.3, -0.25) is 0 Å². The van der Waals surface area contributed by atoms with Gasteiger partial charge >= 0.3 is 0 Å². The van der Waals surface area contributed by atoms with Gasteiger partial charge in [0.05, 0.1) is 10.7 Å². The monoisotopic (exact) mass is 314 g/mol. The minimum absolute atomic E-state index is 0.186. The Bertz CT molecular complexity index is 486. The Kier molecular flexibility index (Phi) is 4.36. The summed E-state index contributed by atoms with van der Waals surface area (Å²) in [5.74, 6) is -1.16. The molecule has 5 heteroatoms. The second-order valence-corrected chi connectivity index (χ2v) is 6.50. The van der Waals surface area contributed by atoms with Crippen LogP contribution in [-0.4, -0.2) is 24.7 Å². The van der Waals surface area contributed by atoms with Crippen molar-refractivity contribution in [3.05, 3.63) is 28.8 Å². The molecule has 2 bridgehead atoms. The summed E-state index contributed by atoms with van der Waals surface area (Å²) >= 11 is 6.14. The van der Waals surface area contributed by atoms with Crippen molar-refractivity contribution >= 4 is 17.3 Å². The maximum atomic E-state index is 14.3. The molecule has 116 valence electrons. The normalized spacial score (nSPS) is 28.8. The fourth-order valence-corrected chi connectivity index (χ4v) is 4.28. The number of piperidine rings is 2. The molecule has 0 aliphatic carbocycles. The molecule has 0 spiro atoms. The predicted molar refractivity (Wildman–Crippen MR) is 82.0 cm³/mol. The quantitative estimate of drug-likeness (QED) is 0.903. The van der Waals surface area contributed by atoms with E-state index >= 15 is 0 Å². The molecule has 2 saturated heterocycles. The second kappa shape index (κ2) is 6.09. The van der Waals surface area contributed by atoms with Crippen LogP contribution in [0, 0.1) is 11.6 Å². The average Bonchev–Trinajstić information content (AvgIpc) is 2.38. The lowest BCUT2D eigenvalue weighted by atomic mass is 9.81. The molecule has 0 saturated carbocycles. The van der Waals surface area contributed by atoms with Crippen molar-refractivity contribution in [3.8, 4) is 0 Å². The molecule has 1 aromatic carbocycles. The molecule has 0 aromatic heterocycles. The average molecular weight is 315 g/mol. The van der Waals surface area contributed by atoms with E-state index in [0.717, 1.165) is 38.3 Å². The van der Waals surface area contributed by atoms with Crippen molar-refractivity contribution in [2.75, 3.05) is 11.4 Å². The van der Waals surface area contributed by atoms with Gasteiger partial charge in [0.15, 0.2) is 5.82 Å². The maximum Gasteiger partial charge on any atom is 0.150 e. The van der Waals surface area contributed by atoms with Crippen molar-refractivity contribution in [2.24, 2.45) is 0 Å². The van der Waals surface area contributed by atoms with Crippen molar-refractivity contribution in [3.63, 3.8) is 0 Å². The zero-order valence-electron chi connectivity index (χ0n) is 12.2. The highest BCUT2D eigenvalue weighted by atomic mass is 35.5. The molecule has 1 aromatic rings. The van der Waals surface area contributed by atoms with Gasteiger partial charge in [-0.2, -0.15) is 0 Å². The van der Waals surface area contributed by atoms with Crippen LogP contribution in [0.4, 0.5) is 14.5 Å². The summed E-state index contributed by atoms with van der Waals surface area (Å²) in [6.07, 6.45) is 5.26. The Balaban J connectivity index is 1.92.